The molecule has 0 aliphatic heterocycles. The van der Waals surface area contributed by atoms with Gasteiger partial charge in [-0.3, -0.25) is 4.90 Å². The summed E-state index contributed by atoms with van der Waals surface area (Å²) in [7, 11) is 0. The van der Waals surface area contributed by atoms with E-state index in [0.717, 1.165) is 4.90 Å². The smallest absolute Gasteiger partial charge is 0.338 e. The average Bonchev–Trinajstić information content (AvgIpc) is 2.51. The number of ether oxygens (including phenoxy) is 1. The summed E-state index contributed by atoms with van der Waals surface area (Å²) in [5, 5.41) is 10.3. The Kier molecular flexibility index (Phi) is 5.08. The number of amides is 2. The van der Waals surface area contributed by atoms with Gasteiger partial charge in [0.2, 0.25) is 0 Å². The van der Waals surface area contributed by atoms with E-state index in [0.29, 0.717) is 16.3 Å². The van der Waals surface area contributed by atoms with Gasteiger partial charge >= 0.3 is 12.0 Å². The number of nitrogens with zero attached hydrogens (tertiary/aromatic N) is 1. The lowest BCUT2D eigenvalue weighted by molar-refractivity contribution is 0.0526. The van der Waals surface area contributed by atoms with E-state index < -0.39 is 12.0 Å². The van der Waals surface area contributed by atoms with Gasteiger partial charge in [-0.2, -0.15) is 0 Å². The first-order valence-corrected chi connectivity index (χ1v) is 7.17. The molecule has 6 nitrogen and oxygen atoms in total. The van der Waals surface area contributed by atoms with Crippen LogP contribution in [0.2, 0.25) is 5.02 Å². The molecular weight excluding hydrogens is 320 g/mol. The number of benzene rings is 2. The zero-order valence-corrected chi connectivity index (χ0v) is 13.1. The average molecular weight is 335 g/mol. The van der Waals surface area contributed by atoms with Crippen LogP contribution in [0.4, 0.5) is 16.2 Å². The summed E-state index contributed by atoms with van der Waals surface area (Å²) in [5.74, 6) is -0.613. The van der Waals surface area contributed by atoms with Gasteiger partial charge in [-0.05, 0) is 49.4 Å². The molecule has 120 valence electrons. The van der Waals surface area contributed by atoms with E-state index in [1.165, 1.54) is 42.5 Å². The molecule has 0 saturated carbocycles. The normalized spacial score (nSPS) is 10.2. The van der Waals surface area contributed by atoms with Crippen molar-refractivity contribution in [1.29, 1.82) is 0 Å². The molecule has 0 radical (unpaired) electrons. The van der Waals surface area contributed by atoms with Crippen molar-refractivity contribution in [2.24, 2.45) is 5.73 Å². The number of aromatic hydroxyl groups is 1. The number of hydrogen-bond donors (Lipinski definition) is 2. The molecule has 0 spiro atoms. The maximum atomic E-state index is 11.8. The second-order valence-electron chi connectivity index (χ2n) is 4.57. The Morgan fingerprint density at radius 1 is 1.22 bits per heavy atom. The third-order valence-corrected chi connectivity index (χ3v) is 3.27. The predicted molar refractivity (Wildman–Crippen MR) is 87.2 cm³/mol. The summed E-state index contributed by atoms with van der Waals surface area (Å²) in [4.78, 5) is 24.5. The fraction of sp³-hybridized carbons (Fsp3) is 0.125. The zero-order valence-electron chi connectivity index (χ0n) is 12.3. The van der Waals surface area contributed by atoms with Crippen molar-refractivity contribution in [2.75, 3.05) is 11.5 Å². The SMILES string of the molecule is CCOC(=O)c1ccc(N(C(N)=O)c2cc(Cl)ccc2O)cc1. The van der Waals surface area contributed by atoms with Gasteiger partial charge in [0.15, 0.2) is 0 Å². The molecule has 2 aromatic rings. The number of carbonyl (C=O) groups is 2. The molecule has 0 unspecified atom stereocenters. The molecule has 3 N–H and O–H groups in total. The molecule has 0 bridgehead atoms. The molecule has 2 amide bonds. The molecule has 0 heterocycles. The van der Waals surface area contributed by atoms with Crippen molar-refractivity contribution in [3.8, 4) is 5.75 Å². The lowest BCUT2D eigenvalue weighted by Gasteiger charge is -2.22. The van der Waals surface area contributed by atoms with Gasteiger partial charge in [-0.25, -0.2) is 9.59 Å². The topological polar surface area (TPSA) is 92.9 Å². The Bertz CT molecular complexity index is 731. The van der Waals surface area contributed by atoms with E-state index in [1.54, 1.807) is 6.92 Å². The number of halogens is 1. The number of nitrogens with two attached hydrogens (primary N) is 1. The van der Waals surface area contributed by atoms with Gasteiger partial charge in [-0.15, -0.1) is 0 Å². The van der Waals surface area contributed by atoms with Gasteiger partial charge in [0.25, 0.3) is 0 Å². The molecule has 0 aromatic heterocycles. The van der Waals surface area contributed by atoms with Gasteiger partial charge in [0.1, 0.15) is 5.75 Å². The standard InChI is InChI=1S/C16H15ClN2O4/c1-2-23-15(21)10-3-6-12(7-4-10)19(16(18)22)13-9-11(17)5-8-14(13)20/h3-9,20H,2H2,1H3,(H2,18,22). The lowest BCUT2D eigenvalue weighted by Crippen LogP contribution is -2.31. The quantitative estimate of drug-likeness (QED) is 0.837. The minimum absolute atomic E-state index is 0.147. The summed E-state index contributed by atoms with van der Waals surface area (Å²) in [6, 6.07) is 9.53. The van der Waals surface area contributed by atoms with Crippen LogP contribution in [0.15, 0.2) is 42.5 Å². The van der Waals surface area contributed by atoms with E-state index in [-0.39, 0.29) is 18.0 Å². The molecule has 23 heavy (non-hydrogen) atoms. The predicted octanol–water partition coefficient (Wildman–Crippen LogP) is 3.44. The minimum Gasteiger partial charge on any atom is -0.506 e. The van der Waals surface area contributed by atoms with Crippen LogP contribution in [0.5, 0.6) is 5.75 Å². The third kappa shape index (κ3) is 3.73. The van der Waals surface area contributed by atoms with Crippen LogP contribution in [0.1, 0.15) is 17.3 Å². The molecule has 0 atom stereocenters. The van der Waals surface area contributed by atoms with E-state index in [2.05, 4.69) is 0 Å². The Morgan fingerprint density at radius 2 is 1.87 bits per heavy atom. The summed E-state index contributed by atoms with van der Waals surface area (Å²) in [6.07, 6.45) is 0. The highest BCUT2D eigenvalue weighted by molar-refractivity contribution is 6.31. The fourth-order valence-electron chi connectivity index (χ4n) is 2.02. The highest BCUT2D eigenvalue weighted by Gasteiger charge is 2.19. The molecular formula is C16H15ClN2O4. The molecule has 2 rings (SSSR count). The Hall–Kier alpha value is -2.73. The molecule has 0 aliphatic rings. The largest absolute Gasteiger partial charge is 0.506 e. The Morgan fingerprint density at radius 3 is 2.43 bits per heavy atom. The van der Waals surface area contributed by atoms with Crippen molar-refractivity contribution < 1.29 is 19.4 Å². The van der Waals surface area contributed by atoms with Crippen molar-refractivity contribution in [3.63, 3.8) is 0 Å². The van der Waals surface area contributed by atoms with Crippen LogP contribution in [0, 0.1) is 0 Å². The maximum absolute atomic E-state index is 11.8. The van der Waals surface area contributed by atoms with E-state index in [1.807, 2.05) is 0 Å². The van der Waals surface area contributed by atoms with Gasteiger partial charge in [0, 0.05) is 5.02 Å². The maximum Gasteiger partial charge on any atom is 0.338 e. The van der Waals surface area contributed by atoms with Crippen LogP contribution in [0.25, 0.3) is 0 Å². The number of primary amides is 1. The highest BCUT2D eigenvalue weighted by Crippen LogP contribution is 2.35. The number of esters is 1. The third-order valence-electron chi connectivity index (χ3n) is 3.04. The van der Waals surface area contributed by atoms with E-state index in [9.17, 15) is 14.7 Å². The molecule has 2 aromatic carbocycles. The van der Waals surface area contributed by atoms with Gasteiger partial charge < -0.3 is 15.6 Å². The second-order valence-corrected chi connectivity index (χ2v) is 5.01. The van der Waals surface area contributed by atoms with Crippen molar-refractivity contribution >= 4 is 35.0 Å². The highest BCUT2D eigenvalue weighted by atomic mass is 35.5. The number of phenolic OH excluding ortho intramolecular Hbond substituents is 1. The van der Waals surface area contributed by atoms with Crippen molar-refractivity contribution in [1.82, 2.24) is 0 Å². The summed E-state index contributed by atoms with van der Waals surface area (Å²) in [6.45, 7) is 1.98. The van der Waals surface area contributed by atoms with Crippen LogP contribution in [0.3, 0.4) is 0 Å². The Balaban J connectivity index is 2.41. The van der Waals surface area contributed by atoms with Crippen molar-refractivity contribution in [3.05, 3.63) is 53.1 Å². The number of hydrogen-bond acceptors (Lipinski definition) is 4. The fourth-order valence-corrected chi connectivity index (χ4v) is 2.19. The first kappa shape index (κ1) is 16.6. The van der Waals surface area contributed by atoms with Crippen LogP contribution < -0.4 is 10.6 Å². The molecule has 7 heteroatoms. The van der Waals surface area contributed by atoms with Crippen LogP contribution in [-0.4, -0.2) is 23.7 Å². The number of urea groups is 1. The molecule has 0 aliphatic carbocycles. The lowest BCUT2D eigenvalue weighted by atomic mass is 10.1. The minimum atomic E-state index is -0.800. The first-order chi connectivity index (χ1) is 10.9. The number of carbonyl (C=O) groups excluding carboxylic acids is 2. The second kappa shape index (κ2) is 7.02. The van der Waals surface area contributed by atoms with Crippen molar-refractivity contribution in [2.45, 2.75) is 6.92 Å². The molecule has 0 fully saturated rings. The van der Waals surface area contributed by atoms with Crippen LogP contribution in [-0.2, 0) is 4.74 Å². The first-order valence-electron chi connectivity index (χ1n) is 6.79. The number of anilines is 2. The van der Waals surface area contributed by atoms with Gasteiger partial charge in [0.05, 0.1) is 23.5 Å². The van der Waals surface area contributed by atoms with Crippen LogP contribution >= 0.6 is 11.6 Å². The monoisotopic (exact) mass is 334 g/mol. The summed E-state index contributed by atoms with van der Waals surface area (Å²) < 4.78 is 4.89. The summed E-state index contributed by atoms with van der Waals surface area (Å²) in [5.41, 5.74) is 6.27. The number of phenols is 1. The zero-order chi connectivity index (χ0) is 17.0. The van der Waals surface area contributed by atoms with E-state index in [4.69, 9.17) is 22.1 Å². The van der Waals surface area contributed by atoms with E-state index >= 15 is 0 Å². The number of rotatable bonds is 4. The Labute approximate surface area is 138 Å². The summed E-state index contributed by atoms with van der Waals surface area (Å²) >= 11 is 5.90. The molecule has 0 saturated heterocycles. The van der Waals surface area contributed by atoms with Gasteiger partial charge in [-0.1, -0.05) is 11.6 Å².